The number of nitrogens with one attached hydrogen (secondary N) is 1. The molecule has 1 N–H and O–H groups in total. The van der Waals surface area contributed by atoms with Gasteiger partial charge in [0.25, 0.3) is 0 Å². The Morgan fingerprint density at radius 1 is 1.56 bits per heavy atom. The largest absolute Gasteiger partial charge is 0.442 e. The van der Waals surface area contributed by atoms with Crippen LogP contribution in [0.25, 0.3) is 10.2 Å². The van der Waals surface area contributed by atoms with E-state index in [4.69, 9.17) is 9.57 Å². The summed E-state index contributed by atoms with van der Waals surface area (Å²) in [5.41, 5.74) is 0.776. The maximum atomic E-state index is 14.6. The topological polar surface area (TPSA) is 85.2 Å². The summed E-state index contributed by atoms with van der Waals surface area (Å²) in [7, 11) is 3.11. The molecule has 0 radical (unpaired) electrons. The highest BCUT2D eigenvalue weighted by molar-refractivity contribution is 7.16. The number of hydrogen-bond acceptors (Lipinski definition) is 6. The number of hydrogen-bond donors (Lipinski definition) is 1. The monoisotopic (exact) mass is 368 g/mol. The van der Waals surface area contributed by atoms with E-state index < -0.39 is 18.0 Å². The van der Waals surface area contributed by atoms with Crippen LogP contribution < -0.4 is 15.0 Å². The van der Waals surface area contributed by atoms with Crippen molar-refractivity contribution in [3.8, 4) is 0 Å². The average Bonchev–Trinajstić information content (AvgIpc) is 3.06. The predicted molar refractivity (Wildman–Crippen MR) is 89.6 cm³/mol. The van der Waals surface area contributed by atoms with Gasteiger partial charge in [0.15, 0.2) is 0 Å². The lowest BCUT2D eigenvalue weighted by atomic mass is 10.2. The van der Waals surface area contributed by atoms with Crippen molar-refractivity contribution < 1.29 is 23.6 Å². The number of carbonyl (C=O) groups excluding carboxylic acids is 2. The lowest BCUT2D eigenvalue weighted by molar-refractivity contribution is -0.119. The second-order valence-electron chi connectivity index (χ2n) is 5.55. The van der Waals surface area contributed by atoms with E-state index in [9.17, 15) is 14.0 Å². The molecule has 1 atom stereocenters. The van der Waals surface area contributed by atoms with Crippen LogP contribution in [0.1, 0.15) is 6.92 Å². The van der Waals surface area contributed by atoms with Gasteiger partial charge >= 0.3 is 6.09 Å². The van der Waals surface area contributed by atoms with Gasteiger partial charge in [0.05, 0.1) is 29.0 Å². The van der Waals surface area contributed by atoms with E-state index in [1.807, 2.05) is 0 Å². The van der Waals surface area contributed by atoms with E-state index in [0.29, 0.717) is 20.7 Å². The van der Waals surface area contributed by atoms with Gasteiger partial charge in [-0.05, 0) is 6.07 Å². The molecule has 2 heterocycles. The van der Waals surface area contributed by atoms with Crippen molar-refractivity contribution in [1.29, 1.82) is 0 Å². The maximum absolute atomic E-state index is 14.6. The third kappa shape index (κ3) is 3.29. The molecule has 1 aliphatic heterocycles. The van der Waals surface area contributed by atoms with E-state index in [2.05, 4.69) is 10.5 Å². The number of rotatable bonds is 4. The number of fused-ring (bicyclic) bond motifs is 1. The van der Waals surface area contributed by atoms with Crippen LogP contribution in [0.4, 0.5) is 14.9 Å². The zero-order valence-corrected chi connectivity index (χ0v) is 14.7. The molecule has 1 unspecified atom stereocenters. The van der Waals surface area contributed by atoms with Crippen LogP contribution in [-0.4, -0.2) is 42.9 Å². The highest BCUT2D eigenvalue weighted by atomic mass is 32.1. The molecule has 134 valence electrons. The van der Waals surface area contributed by atoms with Gasteiger partial charge in [-0.15, -0.1) is 0 Å². The van der Waals surface area contributed by atoms with Gasteiger partial charge in [-0.3, -0.25) is 9.69 Å². The number of halogens is 1. The van der Waals surface area contributed by atoms with Crippen LogP contribution >= 0.6 is 11.3 Å². The first-order valence-corrected chi connectivity index (χ1v) is 8.31. The third-order valence-corrected chi connectivity index (χ3v) is 4.83. The first-order valence-electron chi connectivity index (χ1n) is 7.49. The van der Waals surface area contributed by atoms with E-state index in [-0.39, 0.29) is 19.0 Å². The Kier molecular flexibility index (Phi) is 4.62. The maximum Gasteiger partial charge on any atom is 0.414 e. The van der Waals surface area contributed by atoms with Gasteiger partial charge in [0.1, 0.15) is 19.0 Å². The van der Waals surface area contributed by atoms with Gasteiger partial charge < -0.3 is 19.5 Å². The zero-order valence-electron chi connectivity index (χ0n) is 13.9. The van der Waals surface area contributed by atoms with Crippen molar-refractivity contribution in [3.63, 3.8) is 0 Å². The normalized spacial score (nSPS) is 17.9. The van der Waals surface area contributed by atoms with E-state index >= 15 is 0 Å². The Labute approximate surface area is 146 Å². The minimum atomic E-state index is -0.572. The minimum absolute atomic E-state index is 0.206. The predicted octanol–water partition coefficient (Wildman–Crippen LogP) is 1.30. The molecule has 0 bridgehead atoms. The van der Waals surface area contributed by atoms with Crippen LogP contribution in [0.2, 0.25) is 0 Å². The summed E-state index contributed by atoms with van der Waals surface area (Å²) < 4.78 is 22.0. The van der Waals surface area contributed by atoms with Gasteiger partial charge in [-0.25, -0.2) is 9.18 Å². The number of aromatic nitrogens is 1. The second-order valence-corrected chi connectivity index (χ2v) is 6.55. The Hall–Kier alpha value is -2.62. The molecule has 0 aliphatic carbocycles. The number of thiazole rings is 1. The van der Waals surface area contributed by atoms with Gasteiger partial charge in [0.2, 0.25) is 10.7 Å². The molecular weight excluding hydrogens is 351 g/mol. The van der Waals surface area contributed by atoms with Gasteiger partial charge in [-0.1, -0.05) is 16.5 Å². The summed E-state index contributed by atoms with van der Waals surface area (Å²) in [6.45, 7) is 1.83. The van der Waals surface area contributed by atoms with Crippen LogP contribution in [-0.2, 0) is 21.4 Å². The highest BCUT2D eigenvalue weighted by Gasteiger charge is 2.33. The van der Waals surface area contributed by atoms with Crippen molar-refractivity contribution >= 4 is 39.2 Å². The molecule has 2 amide bonds. The first kappa shape index (κ1) is 17.2. The van der Waals surface area contributed by atoms with Gasteiger partial charge in [-0.2, -0.15) is 0 Å². The molecule has 25 heavy (non-hydrogen) atoms. The zero-order chi connectivity index (χ0) is 18.1. The summed E-state index contributed by atoms with van der Waals surface area (Å²) in [6, 6.07) is 2.99. The van der Waals surface area contributed by atoms with Crippen molar-refractivity contribution in [3.05, 3.63) is 22.8 Å². The second kappa shape index (κ2) is 6.71. The lowest BCUT2D eigenvalue weighted by Crippen LogP contribution is -2.33. The number of anilines is 1. The van der Waals surface area contributed by atoms with E-state index in [1.165, 1.54) is 36.3 Å². The molecular formula is C15H17FN4O4S. The fourth-order valence-electron chi connectivity index (χ4n) is 2.64. The Morgan fingerprint density at radius 2 is 2.32 bits per heavy atom. The van der Waals surface area contributed by atoms with Gasteiger partial charge in [0, 0.05) is 20.0 Å². The summed E-state index contributed by atoms with van der Waals surface area (Å²) in [5.74, 6) is -0.676. The smallest absolute Gasteiger partial charge is 0.414 e. The molecule has 0 spiro atoms. The third-order valence-electron chi connectivity index (χ3n) is 3.77. The lowest BCUT2D eigenvalue weighted by Gasteiger charge is -2.13. The summed E-state index contributed by atoms with van der Waals surface area (Å²) in [5, 5.41) is 6.45. The number of ether oxygens (including phenoxy) is 1. The Balaban J connectivity index is 1.93. The molecule has 3 rings (SSSR count). The highest BCUT2D eigenvalue weighted by Crippen LogP contribution is 2.29. The number of carbonyl (C=O) groups is 2. The molecule has 1 fully saturated rings. The fraction of sp³-hybridized carbons (Fsp3) is 0.400. The molecule has 1 saturated heterocycles. The van der Waals surface area contributed by atoms with E-state index in [0.717, 1.165) is 0 Å². The fourth-order valence-corrected chi connectivity index (χ4v) is 3.68. The van der Waals surface area contributed by atoms with Crippen molar-refractivity contribution in [1.82, 2.24) is 9.88 Å². The quantitative estimate of drug-likeness (QED) is 0.825. The Morgan fingerprint density at radius 3 is 3.00 bits per heavy atom. The average molecular weight is 368 g/mol. The standard InChI is InChI=1S/C15H17FN4O4S/c1-8(21)17-6-10-7-20(15(22)24-10)9-4-11(16)13-12(5-9)25-14(18-23-3)19(13)2/h4-5,10H,6-7H2,1-3H3,(H,17,21). The van der Waals surface area contributed by atoms with Crippen LogP contribution in [0, 0.1) is 5.82 Å². The number of aryl methyl sites for hydroxylation is 1. The molecule has 0 saturated carbocycles. The first-order chi connectivity index (χ1) is 11.9. The number of cyclic esters (lactones) is 1. The van der Waals surface area contributed by atoms with Crippen molar-refractivity contribution in [2.45, 2.75) is 13.0 Å². The molecule has 1 aliphatic rings. The number of benzene rings is 1. The minimum Gasteiger partial charge on any atom is -0.442 e. The molecule has 1 aromatic carbocycles. The Bertz CT molecular complexity index is 907. The van der Waals surface area contributed by atoms with E-state index in [1.54, 1.807) is 17.7 Å². The van der Waals surface area contributed by atoms with Crippen LogP contribution in [0.5, 0.6) is 0 Å². The molecule has 8 nitrogen and oxygen atoms in total. The SMILES string of the molecule is CON=c1sc2cc(N3CC(CNC(C)=O)OC3=O)cc(F)c2n1C. The summed E-state index contributed by atoms with van der Waals surface area (Å²) in [4.78, 5) is 29.7. The molecule has 2 aromatic rings. The van der Waals surface area contributed by atoms with Crippen LogP contribution in [0.3, 0.4) is 0 Å². The molecule has 1 aromatic heterocycles. The van der Waals surface area contributed by atoms with Crippen LogP contribution in [0.15, 0.2) is 17.3 Å². The summed E-state index contributed by atoms with van der Waals surface area (Å²) in [6.07, 6.45) is -1.05. The number of amides is 2. The summed E-state index contributed by atoms with van der Waals surface area (Å²) >= 11 is 1.25. The molecule has 10 heteroatoms. The van der Waals surface area contributed by atoms with Crippen molar-refractivity contribution in [2.75, 3.05) is 25.1 Å². The van der Waals surface area contributed by atoms with Crippen molar-refractivity contribution in [2.24, 2.45) is 12.2 Å². The number of nitrogens with zero attached hydrogens (tertiary/aromatic N) is 3.